The Morgan fingerprint density at radius 1 is 1.28 bits per heavy atom. The summed E-state index contributed by atoms with van der Waals surface area (Å²) in [5, 5.41) is 11.9. The molecule has 1 aromatic heterocycles. The van der Waals surface area contributed by atoms with Crippen LogP contribution in [0.4, 0.5) is 17.6 Å². The number of methoxy groups -OCH3 is 1. The zero-order chi connectivity index (χ0) is 13.0. The van der Waals surface area contributed by atoms with Crippen LogP contribution in [0.15, 0.2) is 24.3 Å². The molecule has 1 aromatic carbocycles. The molecule has 2 aromatic rings. The maximum absolute atomic E-state index is 8.96. The molecule has 0 spiro atoms. The second kappa shape index (κ2) is 4.97. The van der Waals surface area contributed by atoms with Gasteiger partial charge in [0.05, 0.1) is 18.4 Å². The maximum Gasteiger partial charge on any atom is 0.322 e. The molecule has 0 aliphatic heterocycles. The van der Waals surface area contributed by atoms with Crippen LogP contribution in [0.25, 0.3) is 0 Å². The molecular weight excluding hydrogens is 232 g/mol. The minimum absolute atomic E-state index is 0.0405. The number of benzene rings is 1. The number of aromatic nitrogens is 3. The first kappa shape index (κ1) is 11.6. The summed E-state index contributed by atoms with van der Waals surface area (Å²) in [5.41, 5.74) is 6.58. The van der Waals surface area contributed by atoms with Crippen LogP contribution in [0.1, 0.15) is 5.56 Å². The Balaban J connectivity index is 2.34. The molecule has 0 bridgehead atoms. The van der Waals surface area contributed by atoms with Gasteiger partial charge in [0.1, 0.15) is 6.07 Å². The molecule has 7 nitrogen and oxygen atoms in total. The molecule has 3 N–H and O–H groups in total. The summed E-state index contributed by atoms with van der Waals surface area (Å²) in [4.78, 5) is 11.7. The summed E-state index contributed by atoms with van der Waals surface area (Å²) in [5.74, 6) is 0.265. The number of nitriles is 1. The van der Waals surface area contributed by atoms with Gasteiger partial charge in [-0.2, -0.15) is 20.2 Å². The van der Waals surface area contributed by atoms with E-state index in [1.165, 1.54) is 7.11 Å². The normalized spacial score (nSPS) is 9.56. The topological polar surface area (TPSA) is 110 Å². The van der Waals surface area contributed by atoms with E-state index in [4.69, 9.17) is 15.7 Å². The Bertz CT molecular complexity index is 607. The number of nitrogen functional groups attached to an aromatic ring is 1. The number of nitrogens with zero attached hydrogens (tertiary/aromatic N) is 4. The molecule has 90 valence electrons. The van der Waals surface area contributed by atoms with Crippen molar-refractivity contribution in [3.63, 3.8) is 0 Å². The molecule has 0 radical (unpaired) electrons. The van der Waals surface area contributed by atoms with Gasteiger partial charge in [-0.1, -0.05) is 12.1 Å². The monoisotopic (exact) mass is 242 g/mol. The third-order valence-electron chi connectivity index (χ3n) is 2.11. The first-order valence-corrected chi connectivity index (χ1v) is 5.04. The number of hydrogen-bond acceptors (Lipinski definition) is 7. The second-order valence-electron chi connectivity index (χ2n) is 3.29. The summed E-state index contributed by atoms with van der Waals surface area (Å²) in [6.45, 7) is 0. The molecule has 0 saturated carbocycles. The van der Waals surface area contributed by atoms with E-state index in [1.807, 2.05) is 0 Å². The summed E-state index contributed by atoms with van der Waals surface area (Å²) in [6.07, 6.45) is 0. The van der Waals surface area contributed by atoms with Crippen molar-refractivity contribution >= 4 is 17.6 Å². The van der Waals surface area contributed by atoms with E-state index in [9.17, 15) is 0 Å². The molecule has 18 heavy (non-hydrogen) atoms. The summed E-state index contributed by atoms with van der Waals surface area (Å²) in [6, 6.07) is 9.17. The first-order valence-electron chi connectivity index (χ1n) is 5.04. The molecule has 0 amide bonds. The highest BCUT2D eigenvalue weighted by Crippen LogP contribution is 2.18. The van der Waals surface area contributed by atoms with E-state index in [0.29, 0.717) is 11.3 Å². The van der Waals surface area contributed by atoms with Gasteiger partial charge in [-0.05, 0) is 12.1 Å². The molecule has 1 heterocycles. The number of hydrogen-bond donors (Lipinski definition) is 2. The van der Waals surface area contributed by atoms with Crippen molar-refractivity contribution in [3.8, 4) is 12.1 Å². The summed E-state index contributed by atoms with van der Waals surface area (Å²) < 4.78 is 4.88. The predicted octanol–water partition coefficient (Wildman–Crippen LogP) is 1.08. The number of nitrogens with two attached hydrogens (primary N) is 1. The summed E-state index contributed by atoms with van der Waals surface area (Å²) in [7, 11) is 1.43. The summed E-state index contributed by atoms with van der Waals surface area (Å²) >= 11 is 0. The van der Waals surface area contributed by atoms with E-state index in [2.05, 4.69) is 26.3 Å². The van der Waals surface area contributed by atoms with E-state index >= 15 is 0 Å². The van der Waals surface area contributed by atoms with Gasteiger partial charge in [0, 0.05) is 0 Å². The molecule has 0 aliphatic rings. The molecule has 0 saturated heterocycles. The molecule has 0 fully saturated rings. The molecular formula is C11H10N6O. The SMILES string of the molecule is COc1nc(N)nc(Nc2ccccc2C#N)n1. The van der Waals surface area contributed by atoms with E-state index in [1.54, 1.807) is 24.3 Å². The second-order valence-corrected chi connectivity index (χ2v) is 3.29. The average Bonchev–Trinajstić information content (AvgIpc) is 2.38. The highest BCUT2D eigenvalue weighted by atomic mass is 16.5. The zero-order valence-electron chi connectivity index (χ0n) is 9.58. The minimum Gasteiger partial charge on any atom is -0.467 e. The number of para-hydroxylation sites is 1. The number of nitrogens with one attached hydrogen (secondary N) is 1. The lowest BCUT2D eigenvalue weighted by atomic mass is 10.2. The van der Waals surface area contributed by atoms with Gasteiger partial charge in [-0.25, -0.2) is 0 Å². The Kier molecular flexibility index (Phi) is 3.20. The molecule has 7 heteroatoms. The molecule has 0 aliphatic carbocycles. The van der Waals surface area contributed by atoms with Crippen LogP contribution in [0, 0.1) is 11.3 Å². The van der Waals surface area contributed by atoms with Gasteiger partial charge in [-0.3, -0.25) is 0 Å². The van der Waals surface area contributed by atoms with Crippen LogP contribution >= 0.6 is 0 Å². The molecule has 0 unspecified atom stereocenters. The molecule has 2 rings (SSSR count). The third-order valence-corrected chi connectivity index (χ3v) is 2.11. The lowest BCUT2D eigenvalue weighted by molar-refractivity contribution is 0.380. The Morgan fingerprint density at radius 3 is 2.78 bits per heavy atom. The largest absolute Gasteiger partial charge is 0.467 e. The van der Waals surface area contributed by atoms with E-state index in [-0.39, 0.29) is 17.9 Å². The fourth-order valence-corrected chi connectivity index (χ4v) is 1.33. The number of ether oxygens (including phenoxy) is 1. The maximum atomic E-state index is 8.96. The minimum atomic E-state index is 0.0405. The predicted molar refractivity (Wildman–Crippen MR) is 65.2 cm³/mol. The van der Waals surface area contributed by atoms with Crippen LogP contribution in [-0.4, -0.2) is 22.1 Å². The standard InChI is InChI=1S/C11H10N6O/c1-18-11-16-9(13)15-10(17-11)14-8-5-3-2-4-7(8)6-12/h2-5H,1H3,(H3,13,14,15,16,17). The lowest BCUT2D eigenvalue weighted by Gasteiger charge is -2.07. The Hall–Kier alpha value is -2.88. The first-order chi connectivity index (χ1) is 8.72. The van der Waals surface area contributed by atoms with Crippen LogP contribution in [0.3, 0.4) is 0 Å². The van der Waals surface area contributed by atoms with Crippen molar-refractivity contribution in [2.45, 2.75) is 0 Å². The smallest absolute Gasteiger partial charge is 0.322 e. The van der Waals surface area contributed by atoms with Gasteiger partial charge in [0.15, 0.2) is 0 Å². The number of anilines is 3. The fraction of sp³-hybridized carbons (Fsp3) is 0.0909. The Labute approximate surface area is 103 Å². The van der Waals surface area contributed by atoms with Gasteiger partial charge >= 0.3 is 6.01 Å². The zero-order valence-corrected chi connectivity index (χ0v) is 9.58. The third kappa shape index (κ3) is 2.44. The van der Waals surface area contributed by atoms with Crippen LogP contribution in [0.5, 0.6) is 6.01 Å². The fourth-order valence-electron chi connectivity index (χ4n) is 1.33. The van der Waals surface area contributed by atoms with Crippen molar-refractivity contribution in [1.29, 1.82) is 5.26 Å². The molecule has 0 atom stereocenters. The van der Waals surface area contributed by atoms with Gasteiger partial charge in [0.25, 0.3) is 0 Å². The van der Waals surface area contributed by atoms with E-state index in [0.717, 1.165) is 0 Å². The van der Waals surface area contributed by atoms with Gasteiger partial charge in [0.2, 0.25) is 11.9 Å². The lowest BCUT2D eigenvalue weighted by Crippen LogP contribution is -2.05. The van der Waals surface area contributed by atoms with E-state index < -0.39 is 0 Å². The average molecular weight is 242 g/mol. The van der Waals surface area contributed by atoms with Crippen LogP contribution in [-0.2, 0) is 0 Å². The quantitative estimate of drug-likeness (QED) is 0.828. The van der Waals surface area contributed by atoms with Crippen molar-refractivity contribution in [1.82, 2.24) is 15.0 Å². The van der Waals surface area contributed by atoms with Crippen molar-refractivity contribution < 1.29 is 4.74 Å². The van der Waals surface area contributed by atoms with Crippen molar-refractivity contribution in [2.24, 2.45) is 0 Å². The van der Waals surface area contributed by atoms with Crippen molar-refractivity contribution in [3.05, 3.63) is 29.8 Å². The highest BCUT2D eigenvalue weighted by molar-refractivity contribution is 5.63. The van der Waals surface area contributed by atoms with Gasteiger partial charge < -0.3 is 15.8 Å². The number of rotatable bonds is 3. The Morgan fingerprint density at radius 2 is 2.06 bits per heavy atom. The highest BCUT2D eigenvalue weighted by Gasteiger charge is 2.07. The van der Waals surface area contributed by atoms with Crippen molar-refractivity contribution in [2.75, 3.05) is 18.2 Å². The van der Waals surface area contributed by atoms with Crippen LogP contribution in [0.2, 0.25) is 0 Å². The van der Waals surface area contributed by atoms with Crippen LogP contribution < -0.4 is 15.8 Å². The van der Waals surface area contributed by atoms with Gasteiger partial charge in [-0.15, -0.1) is 0 Å².